The van der Waals surface area contributed by atoms with Gasteiger partial charge in [0.25, 0.3) is 11.5 Å². The molecular weight excluding hydrogens is 540 g/mol. The molecule has 7 rings (SSSR count). The maximum Gasteiger partial charge on any atom is 0.335 e. The van der Waals surface area contributed by atoms with Crippen LogP contribution in [0.3, 0.4) is 0 Å². The number of carbonyl (C=O) groups is 3. The second-order valence-corrected chi connectivity index (χ2v) is 12.2. The minimum Gasteiger partial charge on any atom is -0.312 e. The largest absolute Gasteiger partial charge is 0.335 e. The minimum absolute atomic E-state index is 0.0122. The number of anilines is 1. The lowest BCUT2D eigenvalue weighted by molar-refractivity contribution is -0.144. The van der Waals surface area contributed by atoms with E-state index in [2.05, 4.69) is 10.2 Å². The van der Waals surface area contributed by atoms with Crippen molar-refractivity contribution in [1.29, 1.82) is 0 Å². The molecule has 3 aliphatic rings. The summed E-state index contributed by atoms with van der Waals surface area (Å²) in [6.07, 6.45) is 1.94. The lowest BCUT2D eigenvalue weighted by atomic mass is 9.75. The number of aromatic nitrogens is 1. The van der Waals surface area contributed by atoms with E-state index < -0.39 is 23.3 Å². The van der Waals surface area contributed by atoms with Gasteiger partial charge < -0.3 is 9.47 Å². The molecule has 2 bridgehead atoms. The van der Waals surface area contributed by atoms with E-state index in [1.165, 1.54) is 0 Å². The molecule has 8 nitrogen and oxygen atoms in total. The Labute approximate surface area is 249 Å². The van der Waals surface area contributed by atoms with Crippen molar-refractivity contribution in [1.82, 2.24) is 14.8 Å². The molecule has 4 amide bonds. The molecule has 2 fully saturated rings. The van der Waals surface area contributed by atoms with Gasteiger partial charge in [0.05, 0.1) is 5.69 Å². The van der Waals surface area contributed by atoms with E-state index in [1.807, 2.05) is 72.2 Å². The van der Waals surface area contributed by atoms with Crippen LogP contribution in [0.15, 0.2) is 89.7 Å². The van der Waals surface area contributed by atoms with E-state index in [0.717, 1.165) is 45.3 Å². The number of barbiturate groups is 1. The van der Waals surface area contributed by atoms with Gasteiger partial charge in [0.15, 0.2) is 0 Å². The first kappa shape index (κ1) is 27.3. The third kappa shape index (κ3) is 4.66. The van der Waals surface area contributed by atoms with Crippen LogP contribution in [0.4, 0.5) is 10.5 Å². The predicted molar refractivity (Wildman–Crippen MR) is 165 cm³/mol. The number of fused-ring (bicyclic) bond motifs is 5. The van der Waals surface area contributed by atoms with Crippen LogP contribution in [-0.4, -0.2) is 46.9 Å². The Hall–Kier alpha value is -4.56. The SMILES string of the molecule is CCc1ccc(N2C(=O)NC(=O)[C@@](Cc3cccc4ccccc34)(CN3C[C@@H]4C[C@H](C3)c3cccc(=O)n3C4)C2=O)cc1. The number of pyridine rings is 1. The Morgan fingerprint density at radius 3 is 2.42 bits per heavy atom. The Kier molecular flexibility index (Phi) is 6.73. The van der Waals surface area contributed by atoms with Crippen molar-refractivity contribution >= 4 is 34.3 Å². The second-order valence-electron chi connectivity index (χ2n) is 12.2. The van der Waals surface area contributed by atoms with Crippen molar-refractivity contribution in [2.24, 2.45) is 11.3 Å². The zero-order chi connectivity index (χ0) is 29.7. The normalized spacial score (nSPS) is 23.7. The van der Waals surface area contributed by atoms with E-state index in [0.29, 0.717) is 25.3 Å². The van der Waals surface area contributed by atoms with Crippen LogP contribution in [0, 0.1) is 11.3 Å². The van der Waals surface area contributed by atoms with Crippen molar-refractivity contribution in [3.63, 3.8) is 0 Å². The summed E-state index contributed by atoms with van der Waals surface area (Å²) in [5.41, 5.74) is 1.89. The average Bonchev–Trinajstić information content (AvgIpc) is 3.01. The lowest BCUT2D eigenvalue weighted by Crippen LogP contribution is -2.68. The molecule has 1 aromatic heterocycles. The predicted octanol–water partition coefficient (Wildman–Crippen LogP) is 4.50. The van der Waals surface area contributed by atoms with Crippen LogP contribution in [0.5, 0.6) is 0 Å². The zero-order valence-corrected chi connectivity index (χ0v) is 24.2. The number of urea groups is 1. The number of nitrogens with one attached hydrogen (secondary N) is 1. The minimum atomic E-state index is -1.54. The molecule has 4 aromatic rings. The number of benzene rings is 3. The topological polar surface area (TPSA) is 91.7 Å². The van der Waals surface area contributed by atoms with Crippen LogP contribution in [-0.2, 0) is 29.0 Å². The number of imide groups is 2. The standard InChI is InChI=1S/C35H34N4O4/c1-2-23-13-15-28(16-14-23)39-33(42)35(32(41)36-34(39)43,18-26-9-5-8-25-7-3-4-10-29(25)26)22-37-19-24-17-27(21-37)30-11-6-12-31(40)38(30)20-24/h3-16,24,27H,2,17-22H2,1H3,(H,36,41,43)/t24-,27+,35+/m0/s1. The highest BCUT2D eigenvalue weighted by molar-refractivity contribution is 6.30. The first-order valence-corrected chi connectivity index (χ1v) is 15.0. The molecule has 0 saturated carbocycles. The molecule has 8 heteroatoms. The van der Waals surface area contributed by atoms with E-state index in [9.17, 15) is 19.2 Å². The summed E-state index contributed by atoms with van der Waals surface area (Å²) in [6, 6.07) is 25.9. The van der Waals surface area contributed by atoms with Gasteiger partial charge in [-0.2, -0.15) is 0 Å². The summed E-state index contributed by atoms with van der Waals surface area (Å²) >= 11 is 0. The zero-order valence-electron chi connectivity index (χ0n) is 24.2. The highest BCUT2D eigenvalue weighted by atomic mass is 16.2. The number of hydrogen-bond acceptors (Lipinski definition) is 5. The number of rotatable bonds is 6. The fraction of sp³-hybridized carbons (Fsp3) is 0.314. The highest BCUT2D eigenvalue weighted by Crippen LogP contribution is 2.40. The van der Waals surface area contributed by atoms with Crippen molar-refractivity contribution in [2.75, 3.05) is 24.5 Å². The molecule has 4 heterocycles. The Morgan fingerprint density at radius 1 is 0.837 bits per heavy atom. The number of carbonyl (C=O) groups excluding carboxylic acids is 3. The quantitative estimate of drug-likeness (QED) is 0.343. The van der Waals surface area contributed by atoms with Crippen LogP contribution in [0.1, 0.15) is 36.1 Å². The summed E-state index contributed by atoms with van der Waals surface area (Å²) < 4.78 is 1.88. The third-order valence-corrected chi connectivity index (χ3v) is 9.49. The van der Waals surface area contributed by atoms with Crippen LogP contribution >= 0.6 is 0 Å². The molecular formula is C35H34N4O4. The summed E-state index contributed by atoms with van der Waals surface area (Å²) in [7, 11) is 0. The second kappa shape index (κ2) is 10.6. The van der Waals surface area contributed by atoms with Gasteiger partial charge in [0, 0.05) is 43.9 Å². The molecule has 1 N–H and O–H groups in total. The smallest absolute Gasteiger partial charge is 0.312 e. The van der Waals surface area contributed by atoms with Gasteiger partial charge in [0.1, 0.15) is 5.41 Å². The van der Waals surface area contributed by atoms with Gasteiger partial charge in [-0.25, -0.2) is 9.69 Å². The molecule has 0 radical (unpaired) electrons. The van der Waals surface area contributed by atoms with Gasteiger partial charge in [0.2, 0.25) is 5.91 Å². The van der Waals surface area contributed by atoms with Crippen molar-refractivity contribution in [3.8, 4) is 0 Å². The van der Waals surface area contributed by atoms with Gasteiger partial charge >= 0.3 is 6.03 Å². The summed E-state index contributed by atoms with van der Waals surface area (Å²) in [4.78, 5) is 58.0. The number of aryl methyl sites for hydroxylation is 1. The van der Waals surface area contributed by atoms with Gasteiger partial charge in [-0.05, 0) is 65.3 Å². The van der Waals surface area contributed by atoms with Gasteiger partial charge in [-0.1, -0.05) is 67.6 Å². The Morgan fingerprint density at radius 2 is 1.60 bits per heavy atom. The first-order valence-electron chi connectivity index (χ1n) is 15.0. The van der Waals surface area contributed by atoms with Crippen LogP contribution in [0.25, 0.3) is 10.8 Å². The van der Waals surface area contributed by atoms with Gasteiger partial charge in [-0.15, -0.1) is 0 Å². The van der Waals surface area contributed by atoms with Crippen molar-refractivity contribution in [2.45, 2.75) is 38.6 Å². The molecule has 0 unspecified atom stereocenters. The third-order valence-electron chi connectivity index (χ3n) is 9.49. The lowest BCUT2D eigenvalue weighted by Gasteiger charge is -2.47. The number of nitrogens with zero attached hydrogens (tertiary/aromatic N) is 3. The number of likely N-dealkylation sites (tertiary alicyclic amines) is 1. The molecule has 3 aromatic carbocycles. The van der Waals surface area contributed by atoms with Crippen molar-refractivity contribution in [3.05, 3.63) is 112 Å². The summed E-state index contributed by atoms with van der Waals surface area (Å²) in [5, 5.41) is 4.57. The summed E-state index contributed by atoms with van der Waals surface area (Å²) in [6.45, 7) is 4.12. The van der Waals surface area contributed by atoms with E-state index >= 15 is 0 Å². The van der Waals surface area contributed by atoms with E-state index in [-0.39, 0.29) is 30.4 Å². The fourth-order valence-corrected chi connectivity index (χ4v) is 7.42. The maximum atomic E-state index is 14.7. The number of amides is 4. The van der Waals surface area contributed by atoms with E-state index in [1.54, 1.807) is 24.3 Å². The molecule has 0 spiro atoms. The molecule has 3 atom stereocenters. The maximum absolute atomic E-state index is 14.7. The molecule has 43 heavy (non-hydrogen) atoms. The molecule has 3 aliphatic heterocycles. The fourth-order valence-electron chi connectivity index (χ4n) is 7.42. The van der Waals surface area contributed by atoms with E-state index in [4.69, 9.17) is 0 Å². The number of hydrogen-bond donors (Lipinski definition) is 1. The Balaban J connectivity index is 1.30. The van der Waals surface area contributed by atoms with Gasteiger partial charge in [-0.3, -0.25) is 19.7 Å². The molecule has 2 saturated heterocycles. The van der Waals surface area contributed by atoms with Crippen molar-refractivity contribution < 1.29 is 14.4 Å². The Bertz CT molecular complexity index is 1810. The molecule has 218 valence electrons. The van der Waals surface area contributed by atoms with Crippen LogP contribution in [0.2, 0.25) is 0 Å². The number of piperidine rings is 1. The van der Waals surface area contributed by atoms with Crippen LogP contribution < -0.4 is 15.8 Å². The first-order chi connectivity index (χ1) is 20.9. The molecule has 0 aliphatic carbocycles. The highest BCUT2D eigenvalue weighted by Gasteiger charge is 2.56. The monoisotopic (exact) mass is 574 g/mol. The summed E-state index contributed by atoms with van der Waals surface area (Å²) in [5.74, 6) is -0.728. The average molecular weight is 575 g/mol.